The van der Waals surface area contributed by atoms with Crippen molar-refractivity contribution in [2.45, 2.75) is 25.3 Å². The van der Waals surface area contributed by atoms with Crippen molar-refractivity contribution >= 4 is 27.9 Å². The third-order valence-corrected chi connectivity index (χ3v) is 4.33. The molecule has 84 valence electrons. The van der Waals surface area contributed by atoms with Crippen LogP contribution in [-0.4, -0.2) is 18.9 Å². The van der Waals surface area contributed by atoms with Crippen molar-refractivity contribution in [2.24, 2.45) is 5.92 Å². The molecule has 2 atom stereocenters. The maximum Gasteiger partial charge on any atom is 0.152 e. The number of rotatable bonds is 2. The third-order valence-electron chi connectivity index (χ3n) is 3.84. The number of piperidine rings is 1. The van der Waals surface area contributed by atoms with Gasteiger partial charge in [-0.1, -0.05) is 15.9 Å². The first-order chi connectivity index (χ1) is 7.78. The van der Waals surface area contributed by atoms with Gasteiger partial charge in [0, 0.05) is 28.3 Å². The van der Waals surface area contributed by atoms with Gasteiger partial charge < -0.3 is 4.90 Å². The molecule has 1 aromatic rings. The normalized spacial score (nSPS) is 27.4. The number of anilines is 1. The first-order valence-corrected chi connectivity index (χ1v) is 6.58. The first-order valence-electron chi connectivity index (χ1n) is 5.79. The Morgan fingerprint density at radius 3 is 2.88 bits per heavy atom. The lowest BCUT2D eigenvalue weighted by Crippen LogP contribution is -2.32. The second kappa shape index (κ2) is 3.88. The Morgan fingerprint density at radius 2 is 2.25 bits per heavy atom. The van der Waals surface area contributed by atoms with E-state index < -0.39 is 0 Å². The summed E-state index contributed by atoms with van der Waals surface area (Å²) in [5.41, 5.74) is 1.92. The average molecular weight is 280 g/mol. The molecule has 0 aromatic heterocycles. The molecule has 2 nitrogen and oxygen atoms in total. The molecule has 3 heteroatoms. The van der Waals surface area contributed by atoms with E-state index in [1.165, 1.54) is 19.3 Å². The molecule has 3 rings (SSSR count). The average Bonchev–Trinajstić information content (AvgIpc) is 2.90. The van der Waals surface area contributed by atoms with E-state index in [1.54, 1.807) is 0 Å². The monoisotopic (exact) mass is 279 g/mol. The molecule has 2 bridgehead atoms. The zero-order valence-corrected chi connectivity index (χ0v) is 10.6. The molecule has 0 N–H and O–H groups in total. The molecule has 1 aliphatic carbocycles. The van der Waals surface area contributed by atoms with Gasteiger partial charge in [-0.25, -0.2) is 0 Å². The van der Waals surface area contributed by atoms with Gasteiger partial charge in [-0.3, -0.25) is 4.79 Å². The number of benzene rings is 1. The van der Waals surface area contributed by atoms with Gasteiger partial charge >= 0.3 is 0 Å². The fourth-order valence-electron chi connectivity index (χ4n) is 3.08. The van der Waals surface area contributed by atoms with E-state index in [2.05, 4.69) is 26.9 Å². The zero-order chi connectivity index (χ0) is 11.1. The molecule has 2 fully saturated rings. The summed E-state index contributed by atoms with van der Waals surface area (Å²) in [4.78, 5) is 13.5. The Morgan fingerprint density at radius 1 is 1.38 bits per heavy atom. The molecule has 1 saturated carbocycles. The standard InChI is InChI=1S/C13H14BrNO/c14-11-3-2-10(8-16)13(6-11)15-7-9-1-4-12(15)5-9/h2-3,6,8-9,12H,1,4-5,7H2. The van der Waals surface area contributed by atoms with Crippen LogP contribution in [0, 0.1) is 5.92 Å². The first kappa shape index (κ1) is 10.3. The van der Waals surface area contributed by atoms with Crippen molar-refractivity contribution < 1.29 is 4.79 Å². The van der Waals surface area contributed by atoms with Crippen LogP contribution in [0.3, 0.4) is 0 Å². The minimum atomic E-state index is 0.665. The van der Waals surface area contributed by atoms with Gasteiger partial charge in [0.2, 0.25) is 0 Å². The predicted octanol–water partition coefficient (Wildman–Crippen LogP) is 3.25. The topological polar surface area (TPSA) is 20.3 Å². The highest BCUT2D eigenvalue weighted by Gasteiger charge is 2.38. The second-order valence-corrected chi connectivity index (χ2v) is 5.72. The highest BCUT2D eigenvalue weighted by molar-refractivity contribution is 9.10. The SMILES string of the molecule is O=Cc1ccc(Br)cc1N1CC2CCC1C2. The van der Waals surface area contributed by atoms with Crippen LogP contribution >= 0.6 is 15.9 Å². The summed E-state index contributed by atoms with van der Waals surface area (Å²) >= 11 is 3.48. The summed E-state index contributed by atoms with van der Waals surface area (Å²) in [7, 11) is 0. The van der Waals surface area contributed by atoms with Crippen molar-refractivity contribution in [1.82, 2.24) is 0 Å². The van der Waals surface area contributed by atoms with Crippen molar-refractivity contribution in [3.8, 4) is 0 Å². The predicted molar refractivity (Wildman–Crippen MR) is 68.0 cm³/mol. The number of hydrogen-bond donors (Lipinski definition) is 0. The Bertz CT molecular complexity index is 432. The van der Waals surface area contributed by atoms with Crippen LogP contribution in [0.15, 0.2) is 22.7 Å². The molecule has 2 unspecified atom stereocenters. The molecule has 0 amide bonds. The van der Waals surface area contributed by atoms with Crippen LogP contribution in [-0.2, 0) is 0 Å². The molecule has 2 aliphatic rings. The lowest BCUT2D eigenvalue weighted by atomic mass is 10.1. The van der Waals surface area contributed by atoms with Crippen LogP contribution in [0.1, 0.15) is 29.6 Å². The quantitative estimate of drug-likeness (QED) is 0.775. The van der Waals surface area contributed by atoms with Gasteiger partial charge in [0.05, 0.1) is 0 Å². The minimum absolute atomic E-state index is 0.665. The maximum absolute atomic E-state index is 11.1. The third kappa shape index (κ3) is 1.58. The Labute approximate surface area is 104 Å². The number of halogens is 1. The van der Waals surface area contributed by atoms with Gasteiger partial charge in [0.1, 0.15) is 0 Å². The number of hydrogen-bond acceptors (Lipinski definition) is 2. The van der Waals surface area contributed by atoms with Crippen molar-refractivity contribution in [1.29, 1.82) is 0 Å². The molecular formula is C13H14BrNO. The molecule has 1 heterocycles. The molecular weight excluding hydrogens is 266 g/mol. The van der Waals surface area contributed by atoms with Gasteiger partial charge in [-0.05, 0) is 43.4 Å². The van der Waals surface area contributed by atoms with Crippen LogP contribution in [0.5, 0.6) is 0 Å². The molecule has 1 saturated heterocycles. The second-order valence-electron chi connectivity index (χ2n) is 4.81. The van der Waals surface area contributed by atoms with Crippen LogP contribution in [0.25, 0.3) is 0 Å². The van der Waals surface area contributed by atoms with Gasteiger partial charge in [-0.2, -0.15) is 0 Å². The molecule has 16 heavy (non-hydrogen) atoms. The molecule has 1 aliphatic heterocycles. The Balaban J connectivity index is 1.99. The summed E-state index contributed by atoms with van der Waals surface area (Å²) in [6.07, 6.45) is 4.93. The van der Waals surface area contributed by atoms with E-state index in [0.29, 0.717) is 6.04 Å². The number of carbonyl (C=O) groups is 1. The summed E-state index contributed by atoms with van der Waals surface area (Å²) < 4.78 is 1.05. The van der Waals surface area contributed by atoms with E-state index in [9.17, 15) is 4.79 Å². The molecule has 0 spiro atoms. The van der Waals surface area contributed by atoms with Gasteiger partial charge in [0.15, 0.2) is 6.29 Å². The van der Waals surface area contributed by atoms with E-state index in [0.717, 1.165) is 34.5 Å². The van der Waals surface area contributed by atoms with Crippen molar-refractivity contribution in [3.05, 3.63) is 28.2 Å². The number of aldehydes is 1. The van der Waals surface area contributed by atoms with Crippen molar-refractivity contribution in [3.63, 3.8) is 0 Å². The number of fused-ring (bicyclic) bond motifs is 2. The highest BCUT2D eigenvalue weighted by atomic mass is 79.9. The minimum Gasteiger partial charge on any atom is -0.368 e. The lowest BCUT2D eigenvalue weighted by molar-refractivity contribution is 0.112. The number of nitrogens with zero attached hydrogens (tertiary/aromatic N) is 1. The van der Waals surface area contributed by atoms with Crippen molar-refractivity contribution in [2.75, 3.05) is 11.4 Å². The smallest absolute Gasteiger partial charge is 0.152 e. The lowest BCUT2D eigenvalue weighted by Gasteiger charge is -2.30. The maximum atomic E-state index is 11.1. The van der Waals surface area contributed by atoms with Crippen LogP contribution in [0.2, 0.25) is 0 Å². The summed E-state index contributed by atoms with van der Waals surface area (Å²) in [6, 6.07) is 6.57. The Hall–Kier alpha value is -0.830. The van der Waals surface area contributed by atoms with Crippen LogP contribution in [0.4, 0.5) is 5.69 Å². The van der Waals surface area contributed by atoms with Gasteiger partial charge in [0.25, 0.3) is 0 Å². The summed E-state index contributed by atoms with van der Waals surface area (Å²) in [6.45, 7) is 1.13. The van der Waals surface area contributed by atoms with Crippen LogP contribution < -0.4 is 4.90 Å². The number of carbonyl (C=O) groups excluding carboxylic acids is 1. The van der Waals surface area contributed by atoms with Gasteiger partial charge in [-0.15, -0.1) is 0 Å². The largest absolute Gasteiger partial charge is 0.368 e. The molecule has 0 radical (unpaired) electrons. The summed E-state index contributed by atoms with van der Waals surface area (Å²) in [5, 5.41) is 0. The van der Waals surface area contributed by atoms with E-state index in [4.69, 9.17) is 0 Å². The fraction of sp³-hybridized carbons (Fsp3) is 0.462. The Kier molecular flexibility index (Phi) is 2.51. The highest BCUT2D eigenvalue weighted by Crippen LogP contribution is 2.41. The molecule has 1 aromatic carbocycles. The van der Waals surface area contributed by atoms with E-state index in [-0.39, 0.29) is 0 Å². The summed E-state index contributed by atoms with van der Waals surface area (Å²) in [5.74, 6) is 0.850. The zero-order valence-electron chi connectivity index (χ0n) is 9.03. The van der Waals surface area contributed by atoms with E-state index in [1.807, 2.05) is 12.1 Å². The van der Waals surface area contributed by atoms with E-state index >= 15 is 0 Å². The fourth-order valence-corrected chi connectivity index (χ4v) is 3.43.